The molecule has 1 unspecified atom stereocenters. The van der Waals surface area contributed by atoms with Crippen molar-refractivity contribution >= 4 is 11.8 Å². The first-order valence-electron chi connectivity index (χ1n) is 4.83. The molecule has 1 heterocycles. The van der Waals surface area contributed by atoms with Crippen LogP contribution in [0.15, 0.2) is 41.8 Å². The highest BCUT2D eigenvalue weighted by molar-refractivity contribution is 7.99. The molecule has 2 aromatic rings. The molecule has 0 radical (unpaired) electrons. The first-order valence-corrected chi connectivity index (χ1v) is 5.81. The normalized spacial score (nSPS) is 11.9. The summed E-state index contributed by atoms with van der Waals surface area (Å²) in [6.07, 6.45) is 1.46. The molecule has 16 heavy (non-hydrogen) atoms. The van der Waals surface area contributed by atoms with Gasteiger partial charge in [-0.2, -0.15) is 10.4 Å². The Bertz CT molecular complexity index is 460. The van der Waals surface area contributed by atoms with Crippen LogP contribution in [0.4, 0.5) is 0 Å². The van der Waals surface area contributed by atoms with Crippen LogP contribution >= 0.6 is 11.8 Å². The van der Waals surface area contributed by atoms with Crippen LogP contribution in [0.1, 0.15) is 11.5 Å². The number of rotatable bonds is 4. The minimum absolute atomic E-state index is 0.115. The molecule has 0 bridgehead atoms. The van der Waals surface area contributed by atoms with E-state index < -0.39 is 0 Å². The van der Waals surface area contributed by atoms with E-state index in [4.69, 9.17) is 5.26 Å². The Labute approximate surface area is 97.7 Å². The molecular weight excluding hydrogens is 220 g/mol. The molecule has 0 saturated heterocycles. The summed E-state index contributed by atoms with van der Waals surface area (Å²) in [7, 11) is 0. The zero-order chi connectivity index (χ0) is 11.2. The number of aromatic amines is 1. The lowest BCUT2D eigenvalue weighted by Gasteiger charge is -2.06. The highest BCUT2D eigenvalue weighted by Crippen LogP contribution is 2.22. The Kier molecular flexibility index (Phi) is 3.57. The van der Waals surface area contributed by atoms with Crippen LogP contribution in [0.3, 0.4) is 0 Å². The van der Waals surface area contributed by atoms with Crippen LogP contribution in [0.2, 0.25) is 0 Å². The summed E-state index contributed by atoms with van der Waals surface area (Å²) in [5.74, 6) is 0.562. The highest BCUT2D eigenvalue weighted by atomic mass is 32.2. The van der Waals surface area contributed by atoms with Gasteiger partial charge in [0.1, 0.15) is 6.33 Å². The van der Waals surface area contributed by atoms with E-state index in [1.165, 1.54) is 18.1 Å². The maximum atomic E-state index is 9.10. The van der Waals surface area contributed by atoms with Crippen molar-refractivity contribution in [2.75, 3.05) is 5.75 Å². The van der Waals surface area contributed by atoms with E-state index in [-0.39, 0.29) is 5.92 Å². The second kappa shape index (κ2) is 5.33. The Morgan fingerprint density at radius 2 is 2.19 bits per heavy atom. The van der Waals surface area contributed by atoms with Crippen molar-refractivity contribution in [2.24, 2.45) is 0 Å². The molecule has 0 amide bonds. The van der Waals surface area contributed by atoms with Gasteiger partial charge in [0.05, 0.1) is 12.0 Å². The van der Waals surface area contributed by atoms with Crippen LogP contribution in [0.25, 0.3) is 0 Å². The summed E-state index contributed by atoms with van der Waals surface area (Å²) in [4.78, 5) is 4.00. The van der Waals surface area contributed by atoms with Gasteiger partial charge >= 0.3 is 0 Å². The quantitative estimate of drug-likeness (QED) is 0.818. The van der Waals surface area contributed by atoms with Gasteiger partial charge in [-0.15, -0.1) is 0 Å². The summed E-state index contributed by atoms with van der Waals surface area (Å²) in [5, 5.41) is 16.4. The third-order valence-corrected chi connectivity index (χ3v) is 3.11. The Balaban J connectivity index is 2.00. The smallest absolute Gasteiger partial charge is 0.183 e. The summed E-state index contributed by atoms with van der Waals surface area (Å²) in [5.41, 5.74) is 1.04. The molecule has 2 rings (SSSR count). The van der Waals surface area contributed by atoms with Gasteiger partial charge in [0.15, 0.2) is 5.16 Å². The molecule has 1 N–H and O–H groups in total. The molecule has 4 nitrogen and oxygen atoms in total. The fourth-order valence-corrected chi connectivity index (χ4v) is 2.15. The fraction of sp³-hybridized carbons (Fsp3) is 0.182. The topological polar surface area (TPSA) is 65.4 Å². The lowest BCUT2D eigenvalue weighted by molar-refractivity contribution is 0.953. The number of hydrogen-bond acceptors (Lipinski definition) is 4. The van der Waals surface area contributed by atoms with E-state index in [1.54, 1.807) is 0 Å². The average Bonchev–Trinajstić information content (AvgIpc) is 2.84. The largest absolute Gasteiger partial charge is 0.254 e. The van der Waals surface area contributed by atoms with Crippen molar-refractivity contribution in [3.63, 3.8) is 0 Å². The minimum Gasteiger partial charge on any atom is -0.254 e. The van der Waals surface area contributed by atoms with Gasteiger partial charge in [-0.25, -0.2) is 4.98 Å². The molecule has 0 aliphatic carbocycles. The lowest BCUT2D eigenvalue weighted by Crippen LogP contribution is -1.99. The first kappa shape index (κ1) is 10.7. The van der Waals surface area contributed by atoms with Crippen molar-refractivity contribution in [1.29, 1.82) is 5.26 Å². The molecule has 0 aliphatic rings. The van der Waals surface area contributed by atoms with Gasteiger partial charge < -0.3 is 0 Å². The Morgan fingerprint density at radius 3 is 2.81 bits per heavy atom. The van der Waals surface area contributed by atoms with Crippen molar-refractivity contribution in [1.82, 2.24) is 15.2 Å². The number of benzene rings is 1. The van der Waals surface area contributed by atoms with E-state index in [0.29, 0.717) is 5.75 Å². The van der Waals surface area contributed by atoms with Gasteiger partial charge in [0, 0.05) is 5.75 Å². The van der Waals surface area contributed by atoms with Crippen LogP contribution in [-0.4, -0.2) is 20.9 Å². The monoisotopic (exact) mass is 230 g/mol. The molecule has 0 spiro atoms. The number of nitriles is 1. The number of hydrogen-bond donors (Lipinski definition) is 1. The van der Waals surface area contributed by atoms with Gasteiger partial charge in [-0.1, -0.05) is 42.1 Å². The fourth-order valence-electron chi connectivity index (χ4n) is 1.32. The highest BCUT2D eigenvalue weighted by Gasteiger charge is 2.11. The van der Waals surface area contributed by atoms with E-state index in [9.17, 15) is 0 Å². The molecule has 5 heteroatoms. The predicted molar refractivity (Wildman–Crippen MR) is 61.9 cm³/mol. The summed E-state index contributed by atoms with van der Waals surface area (Å²) in [6, 6.07) is 12.1. The summed E-state index contributed by atoms with van der Waals surface area (Å²) >= 11 is 1.50. The molecule has 80 valence electrons. The third kappa shape index (κ3) is 2.61. The van der Waals surface area contributed by atoms with E-state index in [0.717, 1.165) is 10.7 Å². The Morgan fingerprint density at radius 1 is 1.38 bits per heavy atom. The van der Waals surface area contributed by atoms with Gasteiger partial charge in [-0.05, 0) is 5.56 Å². The number of thioether (sulfide) groups is 1. The SMILES string of the molecule is N#CC(CSc1ncn[nH]1)c1ccccc1. The lowest BCUT2D eigenvalue weighted by atomic mass is 10.0. The Hall–Kier alpha value is -1.80. The third-order valence-electron chi connectivity index (χ3n) is 2.14. The number of nitrogens with one attached hydrogen (secondary N) is 1. The molecule has 1 aromatic heterocycles. The minimum atomic E-state index is -0.115. The molecule has 0 saturated carbocycles. The first-order chi connectivity index (χ1) is 7.90. The maximum absolute atomic E-state index is 9.10. The second-order valence-corrected chi connectivity index (χ2v) is 4.20. The molecule has 1 aromatic carbocycles. The standard InChI is InChI=1S/C11H10N4S/c12-6-10(9-4-2-1-3-5-9)7-16-11-13-8-14-15-11/h1-5,8,10H,7H2,(H,13,14,15). The number of H-pyrrole nitrogens is 1. The van der Waals surface area contributed by atoms with Crippen molar-refractivity contribution in [3.8, 4) is 6.07 Å². The van der Waals surface area contributed by atoms with Crippen LogP contribution < -0.4 is 0 Å². The number of nitrogens with zero attached hydrogens (tertiary/aromatic N) is 3. The van der Waals surface area contributed by atoms with E-state index >= 15 is 0 Å². The van der Waals surface area contributed by atoms with Crippen LogP contribution in [0.5, 0.6) is 0 Å². The summed E-state index contributed by atoms with van der Waals surface area (Å²) in [6.45, 7) is 0. The maximum Gasteiger partial charge on any atom is 0.183 e. The van der Waals surface area contributed by atoms with Gasteiger partial charge in [-0.3, -0.25) is 5.10 Å². The van der Waals surface area contributed by atoms with Crippen LogP contribution in [-0.2, 0) is 0 Å². The van der Waals surface area contributed by atoms with Crippen LogP contribution in [0, 0.1) is 11.3 Å². The predicted octanol–water partition coefficient (Wildman–Crippen LogP) is 2.20. The van der Waals surface area contributed by atoms with Gasteiger partial charge in [0.2, 0.25) is 0 Å². The molecule has 0 aliphatic heterocycles. The zero-order valence-corrected chi connectivity index (χ0v) is 9.31. The average molecular weight is 230 g/mol. The van der Waals surface area contributed by atoms with Crippen molar-refractivity contribution in [2.45, 2.75) is 11.1 Å². The van der Waals surface area contributed by atoms with E-state index in [2.05, 4.69) is 21.3 Å². The number of aromatic nitrogens is 3. The molecule has 0 fully saturated rings. The molecular formula is C11H10N4S. The van der Waals surface area contributed by atoms with Crippen molar-refractivity contribution in [3.05, 3.63) is 42.2 Å². The second-order valence-electron chi connectivity index (χ2n) is 3.19. The van der Waals surface area contributed by atoms with Crippen molar-refractivity contribution < 1.29 is 0 Å². The zero-order valence-electron chi connectivity index (χ0n) is 8.50. The molecule has 1 atom stereocenters. The summed E-state index contributed by atoms with van der Waals surface area (Å²) < 4.78 is 0. The van der Waals surface area contributed by atoms with Gasteiger partial charge in [0.25, 0.3) is 0 Å². The van der Waals surface area contributed by atoms with E-state index in [1.807, 2.05) is 30.3 Å².